The molecule has 3 N–H and O–H groups in total. The molecule has 0 aromatic heterocycles. The summed E-state index contributed by atoms with van der Waals surface area (Å²) in [6.07, 6.45) is -0.205. The van der Waals surface area contributed by atoms with Gasteiger partial charge in [-0.05, 0) is 45.1 Å². The first-order chi connectivity index (χ1) is 10.7. The molecule has 1 rings (SSSR count). The molecule has 0 radical (unpaired) electrons. The second-order valence-electron chi connectivity index (χ2n) is 7.03. The summed E-state index contributed by atoms with van der Waals surface area (Å²) in [5.41, 5.74) is 0.601. The molecule has 0 fully saturated rings. The Morgan fingerprint density at radius 2 is 1.87 bits per heavy atom. The Hall–Kier alpha value is -1.59. The molecule has 0 bridgehead atoms. The van der Waals surface area contributed by atoms with Gasteiger partial charge in [0.05, 0.1) is 18.8 Å². The molecule has 0 aliphatic heterocycles. The molecule has 5 heteroatoms. The fourth-order valence-corrected chi connectivity index (χ4v) is 2.43. The van der Waals surface area contributed by atoms with Crippen molar-refractivity contribution in [1.29, 1.82) is 0 Å². The number of hydrogen-bond acceptors (Lipinski definition) is 4. The maximum absolute atomic E-state index is 11.9. The Kier molecular flexibility index (Phi) is 7.52. The van der Waals surface area contributed by atoms with Crippen LogP contribution in [0.15, 0.2) is 30.3 Å². The lowest BCUT2D eigenvalue weighted by Crippen LogP contribution is -2.47. The smallest absolute Gasteiger partial charge is 0.407 e. The lowest BCUT2D eigenvalue weighted by Gasteiger charge is -2.27. The number of rotatable bonds is 7. The predicted octanol–water partition coefficient (Wildman–Crippen LogP) is 2.50. The van der Waals surface area contributed by atoms with Crippen molar-refractivity contribution in [3.05, 3.63) is 35.9 Å². The zero-order chi connectivity index (χ0) is 17.5. The first-order valence-corrected chi connectivity index (χ1v) is 8.03. The van der Waals surface area contributed by atoms with E-state index in [9.17, 15) is 15.0 Å². The van der Waals surface area contributed by atoms with Gasteiger partial charge in [0.15, 0.2) is 0 Å². The quantitative estimate of drug-likeness (QED) is 0.720. The maximum Gasteiger partial charge on any atom is 0.407 e. The number of carbonyl (C=O) groups is 1. The van der Waals surface area contributed by atoms with Gasteiger partial charge in [-0.25, -0.2) is 4.79 Å². The van der Waals surface area contributed by atoms with Crippen LogP contribution in [0.2, 0.25) is 0 Å². The third kappa shape index (κ3) is 8.00. The van der Waals surface area contributed by atoms with Gasteiger partial charge in [-0.3, -0.25) is 0 Å². The molecular formula is C18H29NO4. The van der Waals surface area contributed by atoms with Crippen LogP contribution in [0, 0.1) is 5.92 Å². The predicted molar refractivity (Wildman–Crippen MR) is 90.2 cm³/mol. The molecular weight excluding hydrogens is 294 g/mol. The number of alkyl carbamates (subject to hydrolysis) is 1. The average Bonchev–Trinajstić information content (AvgIpc) is 2.44. The Morgan fingerprint density at radius 3 is 2.39 bits per heavy atom. The minimum Gasteiger partial charge on any atom is -0.444 e. The summed E-state index contributed by atoms with van der Waals surface area (Å²) < 4.78 is 5.22. The maximum atomic E-state index is 11.9. The van der Waals surface area contributed by atoms with Gasteiger partial charge in [0.25, 0.3) is 0 Å². The van der Waals surface area contributed by atoms with E-state index in [4.69, 9.17) is 4.74 Å². The minimum atomic E-state index is -1.01. The van der Waals surface area contributed by atoms with Gasteiger partial charge in [-0.2, -0.15) is 0 Å². The fraction of sp³-hybridized carbons (Fsp3) is 0.611. The van der Waals surface area contributed by atoms with Crippen LogP contribution in [0.5, 0.6) is 0 Å². The van der Waals surface area contributed by atoms with Gasteiger partial charge >= 0.3 is 6.09 Å². The lowest BCUT2D eigenvalue weighted by molar-refractivity contribution is 0.0282. The minimum absolute atomic E-state index is 0.235. The third-order valence-electron chi connectivity index (χ3n) is 3.44. The first-order valence-electron chi connectivity index (χ1n) is 8.03. The zero-order valence-corrected chi connectivity index (χ0v) is 14.5. The number of hydrogen-bond donors (Lipinski definition) is 3. The van der Waals surface area contributed by atoms with Crippen molar-refractivity contribution < 1.29 is 19.7 Å². The van der Waals surface area contributed by atoms with Gasteiger partial charge in [-0.1, -0.05) is 37.3 Å². The fourth-order valence-electron chi connectivity index (χ4n) is 2.43. The van der Waals surface area contributed by atoms with E-state index < -0.39 is 30.4 Å². The van der Waals surface area contributed by atoms with E-state index in [-0.39, 0.29) is 5.92 Å². The van der Waals surface area contributed by atoms with Gasteiger partial charge in [0.2, 0.25) is 0 Å². The molecule has 0 aliphatic carbocycles. The van der Waals surface area contributed by atoms with Crippen molar-refractivity contribution in [3.63, 3.8) is 0 Å². The van der Waals surface area contributed by atoms with Crippen LogP contribution in [-0.2, 0) is 11.2 Å². The molecule has 23 heavy (non-hydrogen) atoms. The van der Waals surface area contributed by atoms with E-state index in [0.717, 1.165) is 6.42 Å². The Balaban J connectivity index is 2.62. The Labute approximate surface area is 138 Å². The molecule has 1 aromatic rings. The van der Waals surface area contributed by atoms with Gasteiger partial charge in [-0.15, -0.1) is 0 Å². The van der Waals surface area contributed by atoms with Crippen LogP contribution in [0.1, 0.15) is 39.7 Å². The number of carbonyl (C=O) groups excluding carboxylic acids is 1. The van der Waals surface area contributed by atoms with Crippen LogP contribution in [0.4, 0.5) is 4.79 Å². The SMILES string of the molecule is CC(Cc1ccccc1)C[C@H](NC(=O)OC(C)(C)C)[C@H](O)CO. The number of ether oxygens (including phenoxy) is 1. The summed E-state index contributed by atoms with van der Waals surface area (Å²) in [5, 5.41) is 21.8. The summed E-state index contributed by atoms with van der Waals surface area (Å²) >= 11 is 0. The van der Waals surface area contributed by atoms with Crippen LogP contribution in [0.25, 0.3) is 0 Å². The van der Waals surface area contributed by atoms with Crippen LogP contribution < -0.4 is 5.32 Å². The molecule has 0 saturated heterocycles. The number of aliphatic hydroxyl groups is 2. The highest BCUT2D eigenvalue weighted by Crippen LogP contribution is 2.16. The van der Waals surface area contributed by atoms with Gasteiger partial charge in [0, 0.05) is 0 Å². The topological polar surface area (TPSA) is 78.8 Å². The summed E-state index contributed by atoms with van der Waals surface area (Å²) in [6, 6.07) is 9.50. The highest BCUT2D eigenvalue weighted by atomic mass is 16.6. The van der Waals surface area contributed by atoms with Crippen LogP contribution in [0.3, 0.4) is 0 Å². The molecule has 0 heterocycles. The third-order valence-corrected chi connectivity index (χ3v) is 3.44. The second kappa shape index (κ2) is 8.89. The second-order valence-corrected chi connectivity index (χ2v) is 7.03. The number of benzene rings is 1. The highest BCUT2D eigenvalue weighted by molar-refractivity contribution is 5.68. The average molecular weight is 323 g/mol. The van der Waals surface area contributed by atoms with Crippen molar-refractivity contribution in [1.82, 2.24) is 5.32 Å². The summed E-state index contributed by atoms with van der Waals surface area (Å²) in [7, 11) is 0. The van der Waals surface area contributed by atoms with Gasteiger partial charge < -0.3 is 20.3 Å². The molecule has 0 saturated carbocycles. The molecule has 0 spiro atoms. The summed E-state index contributed by atoms with van der Waals surface area (Å²) in [5.74, 6) is 0.235. The number of nitrogens with one attached hydrogen (secondary N) is 1. The zero-order valence-electron chi connectivity index (χ0n) is 14.5. The molecule has 130 valence electrons. The first kappa shape index (κ1) is 19.5. The Morgan fingerprint density at radius 1 is 1.26 bits per heavy atom. The Bertz CT molecular complexity index is 470. The summed E-state index contributed by atoms with van der Waals surface area (Å²) in [4.78, 5) is 11.9. The number of amides is 1. The van der Waals surface area contributed by atoms with E-state index in [1.807, 2.05) is 18.2 Å². The highest BCUT2D eigenvalue weighted by Gasteiger charge is 2.25. The van der Waals surface area contributed by atoms with E-state index >= 15 is 0 Å². The van der Waals surface area contributed by atoms with Crippen molar-refractivity contribution in [2.75, 3.05) is 6.61 Å². The molecule has 5 nitrogen and oxygen atoms in total. The molecule has 3 atom stereocenters. The largest absolute Gasteiger partial charge is 0.444 e. The number of aliphatic hydroxyl groups excluding tert-OH is 2. The standard InChI is InChI=1S/C18H29NO4/c1-13(10-14-8-6-5-7-9-14)11-15(16(21)12-20)19-17(22)23-18(2,3)4/h5-9,13,15-16,20-21H,10-12H2,1-4H3,(H,19,22)/t13?,15-,16+/m0/s1. The van der Waals surface area contributed by atoms with Crippen molar-refractivity contribution in [2.45, 2.75) is 58.3 Å². The van der Waals surface area contributed by atoms with Gasteiger partial charge in [0.1, 0.15) is 5.60 Å². The monoisotopic (exact) mass is 323 g/mol. The van der Waals surface area contributed by atoms with E-state index in [2.05, 4.69) is 24.4 Å². The lowest BCUT2D eigenvalue weighted by atomic mass is 9.92. The summed E-state index contributed by atoms with van der Waals surface area (Å²) in [6.45, 7) is 6.99. The van der Waals surface area contributed by atoms with E-state index in [1.165, 1.54) is 5.56 Å². The molecule has 0 aliphatic rings. The normalized spacial score (nSPS) is 15.6. The van der Waals surface area contributed by atoms with Crippen molar-refractivity contribution in [2.24, 2.45) is 5.92 Å². The molecule has 1 amide bonds. The van der Waals surface area contributed by atoms with Crippen molar-refractivity contribution in [3.8, 4) is 0 Å². The van der Waals surface area contributed by atoms with E-state index in [0.29, 0.717) is 6.42 Å². The molecule has 1 unspecified atom stereocenters. The molecule has 1 aromatic carbocycles. The van der Waals surface area contributed by atoms with E-state index in [1.54, 1.807) is 20.8 Å². The van der Waals surface area contributed by atoms with Crippen LogP contribution >= 0.6 is 0 Å². The van der Waals surface area contributed by atoms with Crippen LogP contribution in [-0.4, -0.2) is 40.7 Å². The van der Waals surface area contributed by atoms with Crippen molar-refractivity contribution >= 4 is 6.09 Å².